The Hall–Kier alpha value is -2.42. The average molecular weight is 358 g/mol. The molecule has 1 fully saturated rings. The van der Waals surface area contributed by atoms with Crippen LogP contribution in [0.1, 0.15) is 16.8 Å². The maximum Gasteiger partial charge on any atom is 0.268 e. The summed E-state index contributed by atoms with van der Waals surface area (Å²) in [5.74, 6) is -4.27. The number of likely N-dealkylation sites (tertiary alicyclic amines) is 1. The summed E-state index contributed by atoms with van der Waals surface area (Å²) < 4.78 is 27.7. The van der Waals surface area contributed by atoms with E-state index in [-0.39, 0.29) is 0 Å². The number of aromatic nitrogens is 1. The van der Waals surface area contributed by atoms with Crippen LogP contribution in [0.4, 0.5) is 8.78 Å². The van der Waals surface area contributed by atoms with Gasteiger partial charge in [0.2, 0.25) is 5.91 Å². The van der Waals surface area contributed by atoms with Crippen LogP contribution in [0.15, 0.2) is 24.4 Å². The highest BCUT2D eigenvalue weighted by molar-refractivity contribution is 6.38. The number of nitrogens with one attached hydrogen (secondary N) is 2. The van der Waals surface area contributed by atoms with Gasteiger partial charge in [0.1, 0.15) is 6.04 Å². The molecule has 6 nitrogen and oxygen atoms in total. The molecule has 9 heteroatoms. The number of fused-ring (bicyclic) bond motifs is 1. The van der Waals surface area contributed by atoms with E-state index in [2.05, 4.69) is 26.6 Å². The molecule has 0 aliphatic carbocycles. The largest absolute Gasteiger partial charge is 0.361 e. The first-order valence-corrected chi connectivity index (χ1v) is 8.11. The first-order valence-electron chi connectivity index (χ1n) is 7.53. The van der Waals surface area contributed by atoms with Gasteiger partial charge in [-0.3, -0.25) is 9.59 Å². The number of carbonyl (C=O) groups is 2. The highest BCUT2D eigenvalue weighted by Gasteiger charge is 2.47. The molecule has 1 aromatic carbocycles. The fraction of sp³-hybridized carbons (Fsp3) is 0.312. The van der Waals surface area contributed by atoms with E-state index in [1.807, 2.05) is 6.07 Å². The van der Waals surface area contributed by atoms with Gasteiger partial charge < -0.3 is 15.2 Å². The SMILES string of the molecule is N#C[C@@H]1CC(F)(F)CN1C(=O)CNC(=O)c1c[nH]c2[c]([Al])cccc12. The first kappa shape index (κ1) is 17.4. The maximum atomic E-state index is 13.4. The van der Waals surface area contributed by atoms with E-state index in [1.165, 1.54) is 6.20 Å². The molecule has 2 heterocycles. The second kappa shape index (κ2) is 6.47. The van der Waals surface area contributed by atoms with E-state index in [9.17, 15) is 18.4 Å². The summed E-state index contributed by atoms with van der Waals surface area (Å²) in [6, 6.07) is 5.96. The number of para-hydroxylation sites is 1. The summed E-state index contributed by atoms with van der Waals surface area (Å²) in [5.41, 5.74) is 1.14. The Morgan fingerprint density at radius 1 is 1.48 bits per heavy atom. The summed E-state index contributed by atoms with van der Waals surface area (Å²) in [6.45, 7) is -1.25. The minimum atomic E-state index is -3.08. The van der Waals surface area contributed by atoms with Gasteiger partial charge in [0.15, 0.2) is 16.3 Å². The summed E-state index contributed by atoms with van der Waals surface area (Å²) in [4.78, 5) is 28.2. The van der Waals surface area contributed by atoms with Crippen LogP contribution < -0.4 is 9.74 Å². The van der Waals surface area contributed by atoms with Crippen molar-refractivity contribution in [3.63, 3.8) is 0 Å². The second-order valence-corrected chi connectivity index (χ2v) is 6.50. The van der Waals surface area contributed by atoms with E-state index in [0.29, 0.717) is 10.9 Å². The van der Waals surface area contributed by atoms with Crippen LogP contribution in [0.5, 0.6) is 0 Å². The molecule has 2 radical (unpaired) electrons. The molecule has 1 aliphatic heterocycles. The lowest BCUT2D eigenvalue weighted by molar-refractivity contribution is -0.131. The number of hydrogen-bond donors (Lipinski definition) is 2. The number of rotatable bonds is 3. The van der Waals surface area contributed by atoms with Crippen molar-refractivity contribution in [1.29, 1.82) is 5.26 Å². The van der Waals surface area contributed by atoms with Crippen molar-refractivity contribution in [1.82, 2.24) is 15.2 Å². The van der Waals surface area contributed by atoms with Gasteiger partial charge in [-0.15, -0.1) is 4.43 Å². The van der Waals surface area contributed by atoms with Gasteiger partial charge in [-0.2, -0.15) is 5.26 Å². The zero-order chi connectivity index (χ0) is 18.2. The van der Waals surface area contributed by atoms with Crippen LogP contribution in [0.3, 0.4) is 0 Å². The quantitative estimate of drug-likeness (QED) is 0.781. The lowest BCUT2D eigenvalue weighted by Crippen LogP contribution is -2.42. The summed E-state index contributed by atoms with van der Waals surface area (Å²) in [7, 11) is 0. The number of alkyl halides is 2. The number of carbonyl (C=O) groups excluding carboxylic acids is 2. The lowest BCUT2D eigenvalue weighted by atomic mass is 10.1. The highest BCUT2D eigenvalue weighted by Crippen LogP contribution is 2.31. The molecule has 25 heavy (non-hydrogen) atoms. The molecule has 0 saturated carbocycles. The van der Waals surface area contributed by atoms with Gasteiger partial charge >= 0.3 is 0 Å². The molecule has 126 valence electrons. The van der Waals surface area contributed by atoms with Crippen LogP contribution >= 0.6 is 0 Å². The van der Waals surface area contributed by atoms with Crippen molar-refractivity contribution in [2.45, 2.75) is 18.4 Å². The molecule has 2 amide bonds. The van der Waals surface area contributed by atoms with Crippen molar-refractivity contribution in [2.75, 3.05) is 13.1 Å². The van der Waals surface area contributed by atoms with Gasteiger partial charge in [0.05, 0.1) is 24.7 Å². The van der Waals surface area contributed by atoms with E-state index >= 15 is 0 Å². The first-order chi connectivity index (χ1) is 11.8. The molecule has 1 saturated heterocycles. The van der Waals surface area contributed by atoms with Crippen LogP contribution in [0, 0.1) is 11.3 Å². The van der Waals surface area contributed by atoms with Crippen molar-refractivity contribution in [3.8, 4) is 6.07 Å². The van der Waals surface area contributed by atoms with Gasteiger partial charge in [0.25, 0.3) is 11.8 Å². The van der Waals surface area contributed by atoms with E-state index in [0.717, 1.165) is 14.8 Å². The second-order valence-electron chi connectivity index (χ2n) is 5.88. The van der Waals surface area contributed by atoms with Crippen molar-refractivity contribution in [3.05, 3.63) is 30.0 Å². The van der Waals surface area contributed by atoms with Crippen molar-refractivity contribution >= 4 is 43.4 Å². The number of aromatic amines is 1. The third-order valence-corrected chi connectivity index (χ3v) is 4.61. The molecule has 2 N–H and O–H groups in total. The Balaban J connectivity index is 1.69. The van der Waals surface area contributed by atoms with Gasteiger partial charge in [0, 0.05) is 23.5 Å². The zero-order valence-electron chi connectivity index (χ0n) is 13.1. The van der Waals surface area contributed by atoms with Gasteiger partial charge in [-0.1, -0.05) is 18.2 Å². The summed E-state index contributed by atoms with van der Waals surface area (Å²) in [5, 5.41) is 12.0. The third-order valence-electron chi connectivity index (χ3n) is 4.13. The number of nitrogens with zero attached hydrogens (tertiary/aromatic N) is 2. The van der Waals surface area contributed by atoms with Crippen LogP contribution in [0.25, 0.3) is 10.9 Å². The smallest absolute Gasteiger partial charge is 0.268 e. The molecule has 1 aliphatic rings. The Morgan fingerprint density at radius 2 is 2.24 bits per heavy atom. The molecule has 1 aromatic heterocycles. The fourth-order valence-electron chi connectivity index (χ4n) is 2.91. The number of nitriles is 1. The number of hydrogen-bond acceptors (Lipinski definition) is 3. The molecule has 0 unspecified atom stereocenters. The minimum Gasteiger partial charge on any atom is -0.361 e. The molecular formula is C16H13AlF2N4O2. The Bertz CT molecular complexity index is 890. The number of H-pyrrole nitrogens is 1. The van der Waals surface area contributed by atoms with E-state index < -0.39 is 43.3 Å². The minimum absolute atomic E-state index is 0.357. The maximum absolute atomic E-state index is 13.4. The molecule has 0 bridgehead atoms. The van der Waals surface area contributed by atoms with Crippen molar-refractivity contribution < 1.29 is 18.4 Å². The normalized spacial score (nSPS) is 18.9. The zero-order valence-corrected chi connectivity index (χ0v) is 14.2. The summed E-state index contributed by atoms with van der Waals surface area (Å²) >= 11 is 2.55. The molecule has 1 atom stereocenters. The van der Waals surface area contributed by atoms with Crippen LogP contribution in [-0.4, -0.2) is 63.0 Å². The van der Waals surface area contributed by atoms with Gasteiger partial charge in [-0.05, 0) is 0 Å². The topological polar surface area (TPSA) is 89.0 Å². The molecule has 3 rings (SSSR count). The molecular weight excluding hydrogens is 345 g/mol. The number of halogens is 2. The predicted octanol–water partition coefficient (Wildman–Crippen LogP) is 0.451. The van der Waals surface area contributed by atoms with Crippen LogP contribution in [-0.2, 0) is 4.79 Å². The number of amides is 2. The highest BCUT2D eigenvalue weighted by atomic mass is 27.0. The Kier molecular flexibility index (Phi) is 4.51. The fourth-order valence-corrected chi connectivity index (χ4v) is 3.26. The third kappa shape index (κ3) is 3.37. The Morgan fingerprint density at radius 3 is 2.96 bits per heavy atom. The van der Waals surface area contributed by atoms with Crippen molar-refractivity contribution in [2.24, 2.45) is 0 Å². The van der Waals surface area contributed by atoms with Gasteiger partial charge in [-0.25, -0.2) is 8.78 Å². The van der Waals surface area contributed by atoms with E-state index in [1.54, 1.807) is 18.2 Å². The molecule has 2 aromatic rings. The standard InChI is InChI=1S/C16H13F2N4O2.Al/c17-16(18)5-10(6-19)22(9-16)14(23)8-21-15(24)12-7-20-13-4-2-1-3-11(12)13;/h1-3,7,10,20H,5,8-9H2,(H,21,24);/t10-;/m0./s1. The Labute approximate surface area is 150 Å². The van der Waals surface area contributed by atoms with E-state index in [4.69, 9.17) is 5.26 Å². The average Bonchev–Trinajstić information content (AvgIpc) is 3.13. The number of benzene rings is 1. The lowest BCUT2D eigenvalue weighted by Gasteiger charge is -2.19. The summed E-state index contributed by atoms with van der Waals surface area (Å²) in [6.07, 6.45) is 0.850. The molecule has 0 spiro atoms. The predicted molar refractivity (Wildman–Crippen MR) is 86.7 cm³/mol. The van der Waals surface area contributed by atoms with Crippen LogP contribution in [0.2, 0.25) is 0 Å². The monoisotopic (exact) mass is 358 g/mol.